The van der Waals surface area contributed by atoms with E-state index in [4.69, 9.17) is 16.7 Å². The van der Waals surface area contributed by atoms with Crippen molar-refractivity contribution in [2.24, 2.45) is 13.0 Å². The molecule has 1 saturated heterocycles. The highest BCUT2D eigenvalue weighted by Gasteiger charge is 2.18. The van der Waals surface area contributed by atoms with E-state index in [0.717, 1.165) is 55.1 Å². The van der Waals surface area contributed by atoms with E-state index in [0.29, 0.717) is 0 Å². The SMILES string of the molecule is Cc1nn(C)c(Cl)c1CNCC1CCN(CCO)CC1. The second-order valence-corrected chi connectivity index (χ2v) is 5.98. The molecule has 1 aromatic rings. The minimum Gasteiger partial charge on any atom is -0.395 e. The van der Waals surface area contributed by atoms with Gasteiger partial charge in [-0.2, -0.15) is 5.10 Å². The maximum Gasteiger partial charge on any atom is 0.131 e. The molecule has 0 radical (unpaired) electrons. The van der Waals surface area contributed by atoms with Crippen molar-refractivity contribution in [1.82, 2.24) is 20.0 Å². The summed E-state index contributed by atoms with van der Waals surface area (Å²) in [7, 11) is 1.87. The number of aryl methyl sites for hydroxylation is 2. The van der Waals surface area contributed by atoms with Crippen molar-refractivity contribution in [1.29, 1.82) is 0 Å². The zero-order valence-electron chi connectivity index (χ0n) is 12.4. The van der Waals surface area contributed by atoms with Gasteiger partial charge in [0.1, 0.15) is 5.15 Å². The van der Waals surface area contributed by atoms with Crippen LogP contribution in [0.5, 0.6) is 0 Å². The molecule has 0 saturated carbocycles. The first-order valence-corrected chi connectivity index (χ1v) is 7.71. The van der Waals surface area contributed by atoms with Crippen LogP contribution in [0.15, 0.2) is 0 Å². The topological polar surface area (TPSA) is 53.3 Å². The molecule has 0 unspecified atom stereocenters. The van der Waals surface area contributed by atoms with E-state index in [1.807, 2.05) is 14.0 Å². The van der Waals surface area contributed by atoms with E-state index in [9.17, 15) is 0 Å². The van der Waals surface area contributed by atoms with E-state index < -0.39 is 0 Å². The molecule has 0 aliphatic carbocycles. The van der Waals surface area contributed by atoms with Gasteiger partial charge in [0.25, 0.3) is 0 Å². The monoisotopic (exact) mass is 300 g/mol. The van der Waals surface area contributed by atoms with Gasteiger partial charge >= 0.3 is 0 Å². The van der Waals surface area contributed by atoms with Crippen molar-refractivity contribution >= 4 is 11.6 Å². The Morgan fingerprint density at radius 1 is 1.40 bits per heavy atom. The molecule has 114 valence electrons. The Balaban J connectivity index is 1.72. The molecule has 0 atom stereocenters. The average molecular weight is 301 g/mol. The number of aliphatic hydroxyl groups excluding tert-OH is 1. The number of piperidine rings is 1. The molecule has 0 aromatic carbocycles. The average Bonchev–Trinajstić information content (AvgIpc) is 2.67. The number of aromatic nitrogens is 2. The van der Waals surface area contributed by atoms with Crippen LogP contribution >= 0.6 is 11.6 Å². The van der Waals surface area contributed by atoms with Crippen LogP contribution < -0.4 is 5.32 Å². The maximum atomic E-state index is 8.93. The standard InChI is InChI=1S/C14H25ClN4O/c1-11-13(14(15)18(2)17-11)10-16-9-12-3-5-19(6-4-12)7-8-20/h12,16,20H,3-10H2,1-2H3. The molecule has 1 aromatic heterocycles. The zero-order valence-corrected chi connectivity index (χ0v) is 13.2. The number of halogens is 1. The third kappa shape index (κ3) is 3.95. The lowest BCUT2D eigenvalue weighted by Gasteiger charge is -2.31. The van der Waals surface area contributed by atoms with Crippen LogP contribution in [0.25, 0.3) is 0 Å². The quantitative estimate of drug-likeness (QED) is 0.828. The van der Waals surface area contributed by atoms with Crippen molar-refractivity contribution in [2.45, 2.75) is 26.3 Å². The number of hydrogen-bond acceptors (Lipinski definition) is 4. The lowest BCUT2D eigenvalue weighted by atomic mass is 9.97. The van der Waals surface area contributed by atoms with Crippen LogP contribution in [0, 0.1) is 12.8 Å². The molecule has 1 aliphatic heterocycles. The normalized spacial score (nSPS) is 17.8. The van der Waals surface area contributed by atoms with Gasteiger partial charge in [-0.3, -0.25) is 4.68 Å². The molecule has 0 bridgehead atoms. The van der Waals surface area contributed by atoms with Crippen LogP contribution in [-0.2, 0) is 13.6 Å². The van der Waals surface area contributed by atoms with Gasteiger partial charge in [-0.15, -0.1) is 0 Å². The number of hydrogen-bond donors (Lipinski definition) is 2. The third-order valence-corrected chi connectivity index (χ3v) is 4.60. The first kappa shape index (κ1) is 15.8. The van der Waals surface area contributed by atoms with Gasteiger partial charge in [0.05, 0.1) is 12.3 Å². The maximum absolute atomic E-state index is 8.93. The van der Waals surface area contributed by atoms with Gasteiger partial charge in [-0.05, 0) is 45.3 Å². The fourth-order valence-corrected chi connectivity index (χ4v) is 3.07. The molecule has 0 spiro atoms. The van der Waals surface area contributed by atoms with Gasteiger partial charge < -0.3 is 15.3 Å². The number of nitrogens with one attached hydrogen (secondary N) is 1. The van der Waals surface area contributed by atoms with Crippen LogP contribution in [0.4, 0.5) is 0 Å². The summed E-state index contributed by atoms with van der Waals surface area (Å²) in [5, 5.41) is 17.5. The molecule has 2 N–H and O–H groups in total. The molecule has 0 amide bonds. The Morgan fingerprint density at radius 2 is 2.10 bits per heavy atom. The van der Waals surface area contributed by atoms with Crippen LogP contribution in [0.3, 0.4) is 0 Å². The largest absolute Gasteiger partial charge is 0.395 e. The number of aliphatic hydroxyl groups is 1. The predicted molar refractivity (Wildman–Crippen MR) is 80.9 cm³/mol. The van der Waals surface area contributed by atoms with Crippen molar-refractivity contribution in [3.8, 4) is 0 Å². The second-order valence-electron chi connectivity index (χ2n) is 5.62. The van der Waals surface area contributed by atoms with Gasteiger partial charge in [-0.25, -0.2) is 0 Å². The summed E-state index contributed by atoms with van der Waals surface area (Å²) < 4.78 is 1.72. The fraction of sp³-hybridized carbons (Fsp3) is 0.786. The highest BCUT2D eigenvalue weighted by molar-refractivity contribution is 6.30. The molecule has 1 fully saturated rings. The Morgan fingerprint density at radius 3 is 2.65 bits per heavy atom. The number of likely N-dealkylation sites (tertiary alicyclic amines) is 1. The number of rotatable bonds is 6. The fourth-order valence-electron chi connectivity index (χ4n) is 2.83. The Labute approximate surface area is 125 Å². The predicted octanol–water partition coefficient (Wildman–Crippen LogP) is 1.18. The molecule has 6 heteroatoms. The summed E-state index contributed by atoms with van der Waals surface area (Å²) in [5.74, 6) is 0.723. The molecule has 20 heavy (non-hydrogen) atoms. The summed E-state index contributed by atoms with van der Waals surface area (Å²) >= 11 is 6.22. The Kier molecular flexibility index (Phi) is 5.84. The van der Waals surface area contributed by atoms with E-state index in [-0.39, 0.29) is 6.61 Å². The van der Waals surface area contributed by atoms with Crippen molar-refractivity contribution < 1.29 is 5.11 Å². The highest BCUT2D eigenvalue weighted by Crippen LogP contribution is 2.19. The Bertz CT molecular complexity index is 427. The van der Waals surface area contributed by atoms with Gasteiger partial charge in [0.15, 0.2) is 0 Å². The molecular formula is C14H25ClN4O. The summed E-state index contributed by atoms with van der Waals surface area (Å²) in [6.45, 7) is 7.08. The van der Waals surface area contributed by atoms with E-state index in [2.05, 4.69) is 15.3 Å². The Hall–Kier alpha value is -0.620. The lowest BCUT2D eigenvalue weighted by molar-refractivity contribution is 0.146. The van der Waals surface area contributed by atoms with E-state index >= 15 is 0 Å². The first-order chi connectivity index (χ1) is 9.61. The van der Waals surface area contributed by atoms with Crippen molar-refractivity contribution in [2.75, 3.05) is 32.8 Å². The lowest BCUT2D eigenvalue weighted by Crippen LogP contribution is -2.38. The van der Waals surface area contributed by atoms with Crippen molar-refractivity contribution in [3.63, 3.8) is 0 Å². The van der Waals surface area contributed by atoms with Crippen LogP contribution in [-0.4, -0.2) is 52.6 Å². The minimum atomic E-state index is 0.266. The number of nitrogens with zero attached hydrogens (tertiary/aromatic N) is 3. The summed E-state index contributed by atoms with van der Waals surface area (Å²) in [6.07, 6.45) is 2.40. The van der Waals surface area contributed by atoms with Gasteiger partial charge in [0.2, 0.25) is 0 Å². The zero-order chi connectivity index (χ0) is 14.5. The number of β-amino-alcohol motifs (C(OH)–C–C–N with tert-alkyl or cyclic N) is 1. The molecule has 2 heterocycles. The van der Waals surface area contributed by atoms with Crippen molar-refractivity contribution in [3.05, 3.63) is 16.4 Å². The molecule has 5 nitrogen and oxygen atoms in total. The summed E-state index contributed by atoms with van der Waals surface area (Å²) in [4.78, 5) is 2.33. The van der Waals surface area contributed by atoms with Crippen LogP contribution in [0.1, 0.15) is 24.1 Å². The smallest absolute Gasteiger partial charge is 0.131 e. The van der Waals surface area contributed by atoms with Crippen LogP contribution in [0.2, 0.25) is 5.15 Å². The molecule has 1 aliphatic rings. The molecular weight excluding hydrogens is 276 g/mol. The first-order valence-electron chi connectivity index (χ1n) is 7.33. The second kappa shape index (κ2) is 7.41. The molecule has 2 rings (SSSR count). The minimum absolute atomic E-state index is 0.266. The van der Waals surface area contributed by atoms with Gasteiger partial charge in [0, 0.05) is 25.7 Å². The van der Waals surface area contributed by atoms with Gasteiger partial charge in [-0.1, -0.05) is 11.6 Å². The van der Waals surface area contributed by atoms with E-state index in [1.54, 1.807) is 4.68 Å². The van der Waals surface area contributed by atoms with E-state index in [1.165, 1.54) is 12.8 Å². The summed E-state index contributed by atoms with van der Waals surface area (Å²) in [5.41, 5.74) is 2.11. The summed E-state index contributed by atoms with van der Waals surface area (Å²) in [6, 6.07) is 0. The highest BCUT2D eigenvalue weighted by atomic mass is 35.5. The third-order valence-electron chi connectivity index (χ3n) is 4.13.